The number of ether oxygens (including phenoxy) is 1. The molecule has 3 aromatic rings. The summed E-state index contributed by atoms with van der Waals surface area (Å²) in [6.07, 6.45) is 19.5. The molecular weight excluding hydrogens is 548 g/mol. The molecule has 4 rings (SSSR count). The van der Waals surface area contributed by atoms with Gasteiger partial charge < -0.3 is 4.74 Å². The Hall–Kier alpha value is -3.34. The zero-order chi connectivity index (χ0) is 30.6. The number of hydrogen-bond donors (Lipinski definition) is 0. The van der Waals surface area contributed by atoms with E-state index >= 15 is 8.78 Å². The summed E-state index contributed by atoms with van der Waals surface area (Å²) in [5.74, 6) is -3.35. The van der Waals surface area contributed by atoms with E-state index in [2.05, 4.69) is 13.0 Å². The predicted octanol–water partition coefficient (Wildman–Crippen LogP) is 12.2. The van der Waals surface area contributed by atoms with Crippen LogP contribution < -0.4 is 4.74 Å². The Balaban J connectivity index is 1.39. The van der Waals surface area contributed by atoms with Gasteiger partial charge in [0, 0.05) is 16.7 Å². The summed E-state index contributed by atoms with van der Waals surface area (Å²) in [7, 11) is 0. The molecule has 0 aliphatic heterocycles. The molecule has 0 spiro atoms. The van der Waals surface area contributed by atoms with Crippen LogP contribution in [0.2, 0.25) is 0 Å². The largest absolute Gasteiger partial charge is 0.486 e. The van der Waals surface area contributed by atoms with Gasteiger partial charge in [0.15, 0.2) is 23.2 Å². The van der Waals surface area contributed by atoms with Gasteiger partial charge in [-0.2, -0.15) is 4.39 Å². The van der Waals surface area contributed by atoms with Crippen LogP contribution in [0.15, 0.2) is 66.8 Å². The second-order valence-electron chi connectivity index (χ2n) is 11.6. The minimum Gasteiger partial charge on any atom is -0.486 e. The van der Waals surface area contributed by atoms with Gasteiger partial charge in [-0.05, 0) is 60.4 Å². The summed E-state index contributed by atoms with van der Waals surface area (Å²) in [5.41, 5.74) is 2.29. The molecule has 0 saturated carbocycles. The molecule has 1 atom stereocenters. The fraction of sp³-hybridized carbons (Fsp3) is 0.421. The molecule has 1 nitrogen and oxygen atoms in total. The highest BCUT2D eigenvalue weighted by Crippen LogP contribution is 2.37. The van der Waals surface area contributed by atoms with Crippen molar-refractivity contribution in [3.63, 3.8) is 0 Å². The Morgan fingerprint density at radius 1 is 0.674 bits per heavy atom. The molecule has 1 unspecified atom stereocenters. The second-order valence-corrected chi connectivity index (χ2v) is 11.6. The number of benzene rings is 3. The topological polar surface area (TPSA) is 9.23 Å². The summed E-state index contributed by atoms with van der Waals surface area (Å²) >= 11 is 0. The highest BCUT2D eigenvalue weighted by atomic mass is 19.2. The first-order chi connectivity index (χ1) is 20.9. The maximum absolute atomic E-state index is 15.3. The maximum atomic E-state index is 15.3. The van der Waals surface area contributed by atoms with Crippen molar-refractivity contribution < 1.29 is 22.3 Å². The quantitative estimate of drug-likeness (QED) is 0.0969. The molecule has 0 amide bonds. The summed E-state index contributed by atoms with van der Waals surface area (Å²) < 4.78 is 65.4. The highest BCUT2D eigenvalue weighted by Gasteiger charge is 2.21. The lowest BCUT2D eigenvalue weighted by molar-refractivity contribution is 0.332. The van der Waals surface area contributed by atoms with Gasteiger partial charge >= 0.3 is 0 Å². The zero-order valence-electron chi connectivity index (χ0n) is 25.5. The molecular formula is C38H44F4O. The van der Waals surface area contributed by atoms with Crippen LogP contribution in [0.4, 0.5) is 17.6 Å². The third kappa shape index (κ3) is 8.61. The van der Waals surface area contributed by atoms with Crippen LogP contribution in [0.3, 0.4) is 0 Å². The van der Waals surface area contributed by atoms with Crippen molar-refractivity contribution in [1.29, 1.82) is 0 Å². The highest BCUT2D eigenvalue weighted by molar-refractivity contribution is 5.74. The fourth-order valence-electron chi connectivity index (χ4n) is 5.87. The van der Waals surface area contributed by atoms with Gasteiger partial charge in [0.1, 0.15) is 6.61 Å². The normalized spacial score (nSPS) is 15.2. The van der Waals surface area contributed by atoms with Crippen molar-refractivity contribution in [2.24, 2.45) is 5.92 Å². The SMILES string of the molecule is CCC=CCOc1ccc(-c2ccc(-c3ccc(C4=CCC(CCCCCCCCC)CC4)c(F)c3F)cc2)c(F)c1F. The van der Waals surface area contributed by atoms with E-state index in [-0.39, 0.29) is 23.5 Å². The van der Waals surface area contributed by atoms with Crippen LogP contribution in [0.5, 0.6) is 5.75 Å². The average Bonchev–Trinajstić information content (AvgIpc) is 3.03. The summed E-state index contributed by atoms with van der Waals surface area (Å²) in [6.45, 7) is 4.35. The number of unbranched alkanes of at least 4 members (excludes halogenated alkanes) is 6. The first-order valence-corrected chi connectivity index (χ1v) is 16.0. The molecule has 0 fully saturated rings. The molecule has 0 saturated heterocycles. The van der Waals surface area contributed by atoms with Gasteiger partial charge in [-0.25, -0.2) is 13.2 Å². The Morgan fingerprint density at radius 2 is 1.26 bits per heavy atom. The van der Waals surface area contributed by atoms with Crippen LogP contribution in [-0.2, 0) is 0 Å². The van der Waals surface area contributed by atoms with E-state index in [0.717, 1.165) is 31.3 Å². The standard InChI is InChI=1S/C38H44F4O/c1-3-5-7-8-9-10-11-13-27-14-16-28(17-15-27)31-22-23-32(36(40)35(31)39)29-18-20-30(21-19-29)33-24-25-34(38(42)37(33)41)43-26-12-6-4-2/h6,12,16,18-25,27H,3-5,7-11,13-15,17,26H2,1-2H3. The molecule has 230 valence electrons. The number of halogens is 4. The Morgan fingerprint density at radius 3 is 1.88 bits per heavy atom. The second kappa shape index (κ2) is 16.5. The lowest BCUT2D eigenvalue weighted by Crippen LogP contribution is -2.07. The van der Waals surface area contributed by atoms with Crippen LogP contribution in [-0.4, -0.2) is 6.61 Å². The molecule has 3 aromatic carbocycles. The van der Waals surface area contributed by atoms with E-state index < -0.39 is 23.3 Å². The van der Waals surface area contributed by atoms with Crippen LogP contribution in [0.1, 0.15) is 96.5 Å². The third-order valence-electron chi connectivity index (χ3n) is 8.45. The molecule has 0 radical (unpaired) electrons. The van der Waals surface area contributed by atoms with E-state index in [1.165, 1.54) is 63.5 Å². The first-order valence-electron chi connectivity index (χ1n) is 16.0. The molecule has 1 aliphatic rings. The lowest BCUT2D eigenvalue weighted by Gasteiger charge is -2.23. The molecule has 0 N–H and O–H groups in total. The van der Waals surface area contributed by atoms with Crippen molar-refractivity contribution in [1.82, 2.24) is 0 Å². The van der Waals surface area contributed by atoms with Crippen LogP contribution in [0, 0.1) is 29.2 Å². The van der Waals surface area contributed by atoms with Gasteiger partial charge in [0.25, 0.3) is 0 Å². The Labute approximate surface area is 254 Å². The monoisotopic (exact) mass is 592 g/mol. The van der Waals surface area contributed by atoms with Crippen LogP contribution in [0.25, 0.3) is 27.8 Å². The molecule has 0 bridgehead atoms. The van der Waals surface area contributed by atoms with Gasteiger partial charge in [0.05, 0.1) is 0 Å². The summed E-state index contributed by atoms with van der Waals surface area (Å²) in [5, 5.41) is 0. The van der Waals surface area contributed by atoms with Crippen molar-refractivity contribution in [2.45, 2.75) is 90.9 Å². The minimum atomic E-state index is -1.06. The average molecular weight is 593 g/mol. The van der Waals surface area contributed by atoms with E-state index in [4.69, 9.17) is 4.74 Å². The third-order valence-corrected chi connectivity index (χ3v) is 8.45. The van der Waals surface area contributed by atoms with Crippen molar-refractivity contribution in [3.05, 3.63) is 95.6 Å². The fourth-order valence-corrected chi connectivity index (χ4v) is 5.87. The van der Waals surface area contributed by atoms with E-state index in [0.29, 0.717) is 22.6 Å². The Kier molecular flexibility index (Phi) is 12.5. The van der Waals surface area contributed by atoms with E-state index in [1.807, 2.05) is 13.0 Å². The Bertz CT molecular complexity index is 1390. The molecule has 5 heteroatoms. The van der Waals surface area contributed by atoms with E-state index in [9.17, 15) is 8.78 Å². The lowest BCUT2D eigenvalue weighted by atomic mass is 9.83. The van der Waals surface area contributed by atoms with Gasteiger partial charge in [-0.1, -0.05) is 120 Å². The van der Waals surface area contributed by atoms with Gasteiger partial charge in [0.2, 0.25) is 5.82 Å². The molecule has 0 aromatic heterocycles. The number of rotatable bonds is 15. The van der Waals surface area contributed by atoms with Crippen molar-refractivity contribution >= 4 is 5.57 Å². The zero-order valence-corrected chi connectivity index (χ0v) is 25.5. The molecule has 0 heterocycles. The smallest absolute Gasteiger partial charge is 0.201 e. The number of hydrogen-bond acceptors (Lipinski definition) is 1. The van der Waals surface area contributed by atoms with E-state index in [1.54, 1.807) is 42.5 Å². The first kappa shape index (κ1) is 32.6. The molecule has 1 aliphatic carbocycles. The maximum Gasteiger partial charge on any atom is 0.201 e. The summed E-state index contributed by atoms with van der Waals surface area (Å²) in [6, 6.07) is 12.5. The van der Waals surface area contributed by atoms with Crippen LogP contribution >= 0.6 is 0 Å². The minimum absolute atomic E-state index is 0.0667. The van der Waals surface area contributed by atoms with Gasteiger partial charge in [-0.3, -0.25) is 0 Å². The number of allylic oxidation sites excluding steroid dienone is 3. The van der Waals surface area contributed by atoms with Crippen molar-refractivity contribution in [2.75, 3.05) is 6.61 Å². The van der Waals surface area contributed by atoms with Gasteiger partial charge in [-0.15, -0.1) is 0 Å². The summed E-state index contributed by atoms with van der Waals surface area (Å²) in [4.78, 5) is 0. The predicted molar refractivity (Wildman–Crippen MR) is 170 cm³/mol. The van der Waals surface area contributed by atoms with Crippen molar-refractivity contribution in [3.8, 4) is 28.0 Å². The molecule has 43 heavy (non-hydrogen) atoms.